The molecule has 3 N–H and O–H groups in total. The van der Waals surface area contributed by atoms with Crippen molar-refractivity contribution in [2.45, 2.75) is 6.92 Å². The maximum absolute atomic E-state index is 12.2. The van der Waals surface area contributed by atoms with Crippen LogP contribution in [-0.4, -0.2) is 25.0 Å². The molecule has 0 atom stereocenters. The van der Waals surface area contributed by atoms with Gasteiger partial charge in [-0.25, -0.2) is 4.98 Å². The average molecular weight is 270 g/mol. The van der Waals surface area contributed by atoms with Crippen LogP contribution in [0.25, 0.3) is 0 Å². The smallest absolute Gasteiger partial charge is 0.256 e. The number of pyridine rings is 1. The molecule has 5 heteroatoms. The topological polar surface area (TPSA) is 71.2 Å². The third-order valence-corrected chi connectivity index (χ3v) is 3.02. The van der Waals surface area contributed by atoms with Gasteiger partial charge in [-0.15, -0.1) is 0 Å². The first kappa shape index (κ1) is 13.9. The number of rotatable bonds is 3. The SMILES string of the molecule is Cc1cc(NC(=O)c2cccc(N(C)C)c2)ncc1N. The Kier molecular flexibility index (Phi) is 3.89. The molecule has 1 aromatic carbocycles. The molecule has 0 unspecified atom stereocenters. The second kappa shape index (κ2) is 5.61. The van der Waals surface area contributed by atoms with E-state index in [-0.39, 0.29) is 5.91 Å². The van der Waals surface area contributed by atoms with E-state index in [0.29, 0.717) is 17.1 Å². The molecule has 1 amide bonds. The summed E-state index contributed by atoms with van der Waals surface area (Å²) in [6.07, 6.45) is 1.54. The number of nitrogens with two attached hydrogens (primary N) is 1. The molecule has 0 radical (unpaired) electrons. The normalized spacial score (nSPS) is 10.2. The van der Waals surface area contributed by atoms with E-state index in [0.717, 1.165) is 11.3 Å². The molecule has 0 aliphatic heterocycles. The zero-order chi connectivity index (χ0) is 14.7. The number of nitrogens with zero attached hydrogens (tertiary/aromatic N) is 2. The number of amides is 1. The van der Waals surface area contributed by atoms with Gasteiger partial charge in [0.15, 0.2) is 0 Å². The summed E-state index contributed by atoms with van der Waals surface area (Å²) in [7, 11) is 3.86. The molecule has 5 nitrogen and oxygen atoms in total. The minimum absolute atomic E-state index is 0.189. The fraction of sp³-hybridized carbons (Fsp3) is 0.200. The fourth-order valence-corrected chi connectivity index (χ4v) is 1.75. The first-order valence-electron chi connectivity index (χ1n) is 6.28. The van der Waals surface area contributed by atoms with Crippen LogP contribution in [0.2, 0.25) is 0 Å². The lowest BCUT2D eigenvalue weighted by Gasteiger charge is -2.13. The summed E-state index contributed by atoms with van der Waals surface area (Å²) < 4.78 is 0. The molecule has 0 fully saturated rings. The number of hydrogen-bond donors (Lipinski definition) is 2. The van der Waals surface area contributed by atoms with E-state index >= 15 is 0 Å². The number of nitrogen functional groups attached to an aromatic ring is 1. The number of nitrogens with one attached hydrogen (secondary N) is 1. The molecule has 20 heavy (non-hydrogen) atoms. The Bertz CT molecular complexity index is 638. The Hall–Kier alpha value is -2.56. The number of carbonyl (C=O) groups is 1. The molecule has 0 saturated carbocycles. The van der Waals surface area contributed by atoms with E-state index in [1.807, 2.05) is 44.1 Å². The van der Waals surface area contributed by atoms with Crippen molar-refractivity contribution < 1.29 is 4.79 Å². The van der Waals surface area contributed by atoms with Crippen molar-refractivity contribution in [2.75, 3.05) is 30.0 Å². The van der Waals surface area contributed by atoms with E-state index in [1.54, 1.807) is 18.3 Å². The lowest BCUT2D eigenvalue weighted by Crippen LogP contribution is -2.15. The van der Waals surface area contributed by atoms with Crippen LogP contribution in [0.5, 0.6) is 0 Å². The number of aromatic nitrogens is 1. The third kappa shape index (κ3) is 3.06. The zero-order valence-electron chi connectivity index (χ0n) is 11.8. The van der Waals surface area contributed by atoms with E-state index in [4.69, 9.17) is 5.73 Å². The van der Waals surface area contributed by atoms with Gasteiger partial charge in [-0.1, -0.05) is 6.07 Å². The van der Waals surface area contributed by atoms with Crippen LogP contribution >= 0.6 is 0 Å². The standard InChI is InChI=1S/C15H18N4O/c1-10-7-14(17-9-13(10)16)18-15(20)11-5-4-6-12(8-11)19(2)3/h4-9H,16H2,1-3H3,(H,17,18,20). The molecule has 104 valence electrons. The van der Waals surface area contributed by atoms with Gasteiger partial charge in [-0.2, -0.15) is 0 Å². The summed E-state index contributed by atoms with van der Waals surface area (Å²) in [5.74, 6) is 0.308. The second-order valence-electron chi connectivity index (χ2n) is 4.83. The summed E-state index contributed by atoms with van der Waals surface area (Å²) in [5.41, 5.74) is 8.76. The molecular weight excluding hydrogens is 252 g/mol. The van der Waals surface area contributed by atoms with Gasteiger partial charge in [0, 0.05) is 25.3 Å². The van der Waals surface area contributed by atoms with Gasteiger partial charge in [0.2, 0.25) is 0 Å². The van der Waals surface area contributed by atoms with E-state index in [1.165, 1.54) is 0 Å². The molecular formula is C15H18N4O. The second-order valence-corrected chi connectivity index (χ2v) is 4.83. The maximum Gasteiger partial charge on any atom is 0.256 e. The van der Waals surface area contributed by atoms with Crippen molar-refractivity contribution in [1.82, 2.24) is 4.98 Å². The average Bonchev–Trinajstić information content (AvgIpc) is 2.43. The van der Waals surface area contributed by atoms with Crippen molar-refractivity contribution in [3.05, 3.63) is 47.7 Å². The van der Waals surface area contributed by atoms with Gasteiger partial charge in [-0.05, 0) is 36.8 Å². The summed E-state index contributed by atoms with van der Waals surface area (Å²) in [4.78, 5) is 18.2. The van der Waals surface area contributed by atoms with Crippen molar-refractivity contribution in [3.63, 3.8) is 0 Å². The summed E-state index contributed by atoms with van der Waals surface area (Å²) in [6.45, 7) is 1.87. The van der Waals surface area contributed by atoms with Crippen LogP contribution in [-0.2, 0) is 0 Å². The van der Waals surface area contributed by atoms with E-state index in [2.05, 4.69) is 10.3 Å². The molecule has 0 bridgehead atoms. The fourth-order valence-electron chi connectivity index (χ4n) is 1.75. The van der Waals surface area contributed by atoms with Gasteiger partial charge in [0.1, 0.15) is 5.82 Å². The van der Waals surface area contributed by atoms with Crippen molar-refractivity contribution in [2.24, 2.45) is 0 Å². The molecule has 0 aliphatic rings. The molecule has 0 aliphatic carbocycles. The van der Waals surface area contributed by atoms with Gasteiger partial charge >= 0.3 is 0 Å². The van der Waals surface area contributed by atoms with Crippen LogP contribution in [0.1, 0.15) is 15.9 Å². The van der Waals surface area contributed by atoms with Crippen molar-refractivity contribution in [3.8, 4) is 0 Å². The maximum atomic E-state index is 12.2. The molecule has 1 heterocycles. The summed E-state index contributed by atoms with van der Waals surface area (Å²) in [5, 5.41) is 2.77. The monoisotopic (exact) mass is 270 g/mol. The highest BCUT2D eigenvalue weighted by atomic mass is 16.1. The minimum Gasteiger partial charge on any atom is -0.397 e. The zero-order valence-corrected chi connectivity index (χ0v) is 11.8. The first-order chi connectivity index (χ1) is 9.47. The predicted octanol–water partition coefficient (Wildman–Crippen LogP) is 2.29. The van der Waals surface area contributed by atoms with Crippen LogP contribution in [0.4, 0.5) is 17.2 Å². The first-order valence-corrected chi connectivity index (χ1v) is 6.28. The Morgan fingerprint density at radius 2 is 2.05 bits per heavy atom. The molecule has 0 saturated heterocycles. The Balaban J connectivity index is 2.19. The summed E-state index contributed by atoms with van der Waals surface area (Å²) in [6, 6.07) is 9.16. The lowest BCUT2D eigenvalue weighted by atomic mass is 10.1. The van der Waals surface area contributed by atoms with Gasteiger partial charge in [-0.3, -0.25) is 4.79 Å². The number of benzene rings is 1. The van der Waals surface area contributed by atoms with E-state index < -0.39 is 0 Å². The largest absolute Gasteiger partial charge is 0.397 e. The molecule has 1 aromatic heterocycles. The van der Waals surface area contributed by atoms with Gasteiger partial charge in [0.25, 0.3) is 5.91 Å². The Morgan fingerprint density at radius 3 is 2.70 bits per heavy atom. The highest BCUT2D eigenvalue weighted by molar-refractivity contribution is 6.04. The van der Waals surface area contributed by atoms with Crippen molar-refractivity contribution in [1.29, 1.82) is 0 Å². The van der Waals surface area contributed by atoms with Crippen LogP contribution in [0.3, 0.4) is 0 Å². The number of carbonyl (C=O) groups excluding carboxylic acids is 1. The van der Waals surface area contributed by atoms with E-state index in [9.17, 15) is 4.79 Å². The number of anilines is 3. The van der Waals surface area contributed by atoms with Gasteiger partial charge < -0.3 is 16.0 Å². The van der Waals surface area contributed by atoms with Crippen LogP contribution in [0.15, 0.2) is 36.5 Å². The van der Waals surface area contributed by atoms with Crippen LogP contribution < -0.4 is 16.0 Å². The van der Waals surface area contributed by atoms with Gasteiger partial charge in [0.05, 0.1) is 11.9 Å². The number of aryl methyl sites for hydroxylation is 1. The molecule has 2 rings (SSSR count). The molecule has 0 spiro atoms. The highest BCUT2D eigenvalue weighted by Crippen LogP contribution is 2.16. The summed E-state index contributed by atoms with van der Waals surface area (Å²) >= 11 is 0. The Labute approximate surface area is 118 Å². The Morgan fingerprint density at radius 1 is 1.30 bits per heavy atom. The van der Waals surface area contributed by atoms with Crippen molar-refractivity contribution >= 4 is 23.1 Å². The lowest BCUT2D eigenvalue weighted by molar-refractivity contribution is 0.102. The highest BCUT2D eigenvalue weighted by Gasteiger charge is 2.08. The van der Waals surface area contributed by atoms with Crippen LogP contribution in [0, 0.1) is 6.92 Å². The quantitative estimate of drug-likeness (QED) is 0.897. The number of hydrogen-bond acceptors (Lipinski definition) is 4. The predicted molar refractivity (Wildman–Crippen MR) is 82.1 cm³/mol. The third-order valence-electron chi connectivity index (χ3n) is 3.02. The minimum atomic E-state index is -0.189. The molecule has 2 aromatic rings.